The molecule has 0 saturated carbocycles. The summed E-state index contributed by atoms with van der Waals surface area (Å²) in [7, 11) is 1.64. The molecule has 0 aliphatic carbocycles. The summed E-state index contributed by atoms with van der Waals surface area (Å²) in [4.78, 5) is 27.5. The van der Waals surface area contributed by atoms with Crippen LogP contribution in [0.5, 0.6) is 5.75 Å². The predicted octanol–water partition coefficient (Wildman–Crippen LogP) is 2.55. The van der Waals surface area contributed by atoms with Gasteiger partial charge in [-0.2, -0.15) is 5.10 Å². The Labute approximate surface area is 197 Å². The number of imidazole rings is 1. The van der Waals surface area contributed by atoms with Crippen LogP contribution in [0.15, 0.2) is 61.1 Å². The lowest BCUT2D eigenvalue weighted by molar-refractivity contribution is 0.0942. The van der Waals surface area contributed by atoms with Gasteiger partial charge in [-0.15, -0.1) is 0 Å². The predicted molar refractivity (Wildman–Crippen MR) is 126 cm³/mol. The molecule has 0 spiro atoms. The second kappa shape index (κ2) is 9.88. The summed E-state index contributed by atoms with van der Waals surface area (Å²) in [6.45, 7) is 3.16. The van der Waals surface area contributed by atoms with E-state index in [4.69, 9.17) is 9.84 Å². The summed E-state index contributed by atoms with van der Waals surface area (Å²) < 4.78 is 7.14. The van der Waals surface area contributed by atoms with Crippen molar-refractivity contribution in [2.75, 3.05) is 13.7 Å². The number of hydrogen-bond acceptors (Lipinski definition) is 6. The molecule has 9 heteroatoms. The van der Waals surface area contributed by atoms with E-state index in [0.717, 1.165) is 47.1 Å². The lowest BCUT2D eigenvalue weighted by atomic mass is 10.0. The third-order valence-electron chi connectivity index (χ3n) is 6.01. The summed E-state index contributed by atoms with van der Waals surface area (Å²) in [5, 5.41) is 7.78. The van der Waals surface area contributed by atoms with Crippen molar-refractivity contribution in [3.05, 3.63) is 95.1 Å². The molecule has 3 aromatic heterocycles. The van der Waals surface area contributed by atoms with E-state index >= 15 is 0 Å². The topological polar surface area (TPSA) is 101 Å². The molecule has 1 aliphatic heterocycles. The minimum Gasteiger partial charge on any atom is -0.497 e. The Balaban J connectivity index is 1.37. The van der Waals surface area contributed by atoms with Gasteiger partial charge in [0.05, 0.1) is 25.9 Å². The highest BCUT2D eigenvalue weighted by Gasteiger charge is 2.28. The number of carbonyl (C=O) groups excluding carboxylic acids is 1. The van der Waals surface area contributed by atoms with Gasteiger partial charge >= 0.3 is 0 Å². The van der Waals surface area contributed by atoms with Gasteiger partial charge in [0.1, 0.15) is 11.6 Å². The van der Waals surface area contributed by atoms with Crippen LogP contribution in [-0.2, 0) is 32.6 Å². The molecule has 9 nitrogen and oxygen atoms in total. The van der Waals surface area contributed by atoms with Gasteiger partial charge in [0.2, 0.25) is 0 Å². The van der Waals surface area contributed by atoms with Crippen molar-refractivity contribution in [1.82, 2.24) is 34.9 Å². The molecular formula is C25H27N7O2. The van der Waals surface area contributed by atoms with E-state index < -0.39 is 0 Å². The third kappa shape index (κ3) is 4.84. The number of amides is 1. The van der Waals surface area contributed by atoms with Crippen molar-refractivity contribution in [2.45, 2.75) is 32.6 Å². The highest BCUT2D eigenvalue weighted by molar-refractivity contribution is 5.94. The zero-order valence-electron chi connectivity index (χ0n) is 19.1. The molecule has 2 N–H and O–H groups in total. The number of hydrogen-bond donors (Lipinski definition) is 2. The second-order valence-electron chi connectivity index (χ2n) is 8.28. The second-order valence-corrected chi connectivity index (χ2v) is 8.28. The molecule has 0 bridgehead atoms. The van der Waals surface area contributed by atoms with Crippen LogP contribution in [0, 0.1) is 0 Å². The molecule has 1 amide bonds. The number of nitrogens with zero attached hydrogens (tertiary/aromatic N) is 5. The Morgan fingerprint density at radius 1 is 1.12 bits per heavy atom. The van der Waals surface area contributed by atoms with E-state index in [1.807, 2.05) is 53.3 Å². The summed E-state index contributed by atoms with van der Waals surface area (Å²) in [6.07, 6.45) is 6.17. The van der Waals surface area contributed by atoms with Gasteiger partial charge in [0.25, 0.3) is 5.91 Å². The first-order valence-electron chi connectivity index (χ1n) is 11.3. The van der Waals surface area contributed by atoms with Crippen LogP contribution < -0.4 is 10.1 Å². The SMILES string of the molecule is COc1ccc(CNC(=O)c2nn(Cc3ccccn3)c3c2CN(Cc2ncc[nH]2)CC3)cc1. The molecule has 0 fully saturated rings. The number of H-pyrrole nitrogens is 1. The number of nitrogens with one attached hydrogen (secondary N) is 2. The molecule has 0 atom stereocenters. The third-order valence-corrected chi connectivity index (χ3v) is 6.01. The summed E-state index contributed by atoms with van der Waals surface area (Å²) in [5.74, 6) is 1.52. The molecule has 1 aromatic carbocycles. The number of carbonyl (C=O) groups is 1. The fraction of sp³-hybridized carbons (Fsp3) is 0.280. The van der Waals surface area contributed by atoms with E-state index in [-0.39, 0.29) is 5.91 Å². The standard InChI is InChI=1S/C25H27N7O2/c1-34-20-7-5-18(6-8-20)14-29-25(33)24-21-16-31(17-23-27-11-12-28-23)13-9-22(21)32(30-24)15-19-4-2-3-10-26-19/h2-8,10-12H,9,13-17H2,1H3,(H,27,28)(H,29,33). The Morgan fingerprint density at radius 2 is 2.00 bits per heavy atom. The lowest BCUT2D eigenvalue weighted by Gasteiger charge is -2.26. The average molecular weight is 458 g/mol. The van der Waals surface area contributed by atoms with Crippen LogP contribution in [0.1, 0.15) is 38.8 Å². The maximum atomic E-state index is 13.2. The van der Waals surface area contributed by atoms with Gasteiger partial charge in [-0.25, -0.2) is 4.98 Å². The molecule has 1 aliphatic rings. The van der Waals surface area contributed by atoms with Crippen molar-refractivity contribution in [2.24, 2.45) is 0 Å². The van der Waals surface area contributed by atoms with Gasteiger partial charge in [-0.1, -0.05) is 18.2 Å². The fourth-order valence-electron chi connectivity index (χ4n) is 4.25. The number of ether oxygens (including phenoxy) is 1. The molecule has 174 valence electrons. The van der Waals surface area contributed by atoms with Crippen LogP contribution in [0.25, 0.3) is 0 Å². The van der Waals surface area contributed by atoms with Gasteiger partial charge in [0, 0.05) is 55.9 Å². The Hall–Kier alpha value is -3.98. The maximum absolute atomic E-state index is 13.2. The zero-order chi connectivity index (χ0) is 23.3. The van der Waals surface area contributed by atoms with Crippen LogP contribution in [0.3, 0.4) is 0 Å². The minimum atomic E-state index is -0.174. The molecule has 0 radical (unpaired) electrons. The van der Waals surface area contributed by atoms with E-state index in [1.54, 1.807) is 19.5 Å². The average Bonchev–Trinajstić information content (AvgIpc) is 3.51. The molecule has 5 rings (SSSR count). The monoisotopic (exact) mass is 457 g/mol. The van der Waals surface area contributed by atoms with Crippen molar-refractivity contribution < 1.29 is 9.53 Å². The molecule has 34 heavy (non-hydrogen) atoms. The summed E-state index contributed by atoms with van der Waals surface area (Å²) >= 11 is 0. The van der Waals surface area contributed by atoms with Crippen molar-refractivity contribution in [3.8, 4) is 5.75 Å². The van der Waals surface area contributed by atoms with E-state index in [0.29, 0.717) is 31.9 Å². The van der Waals surface area contributed by atoms with Gasteiger partial charge < -0.3 is 15.0 Å². The van der Waals surface area contributed by atoms with E-state index in [1.165, 1.54) is 0 Å². The van der Waals surface area contributed by atoms with Crippen LogP contribution in [0.4, 0.5) is 0 Å². The molecule has 4 heterocycles. The first kappa shape index (κ1) is 21.8. The fourth-order valence-corrected chi connectivity index (χ4v) is 4.25. The van der Waals surface area contributed by atoms with Crippen LogP contribution in [0.2, 0.25) is 0 Å². The Kier molecular flexibility index (Phi) is 6.35. The Morgan fingerprint density at radius 3 is 2.74 bits per heavy atom. The molecule has 0 unspecified atom stereocenters. The summed E-state index contributed by atoms with van der Waals surface area (Å²) in [5.41, 5.74) is 4.45. The largest absolute Gasteiger partial charge is 0.497 e. The van der Waals surface area contributed by atoms with Crippen molar-refractivity contribution in [3.63, 3.8) is 0 Å². The minimum absolute atomic E-state index is 0.174. The Bertz CT molecular complexity index is 1230. The van der Waals surface area contributed by atoms with Crippen LogP contribution in [-0.4, -0.2) is 49.2 Å². The van der Waals surface area contributed by atoms with Gasteiger partial charge in [0.15, 0.2) is 5.69 Å². The summed E-state index contributed by atoms with van der Waals surface area (Å²) in [6, 6.07) is 13.5. The maximum Gasteiger partial charge on any atom is 0.272 e. The number of pyridine rings is 1. The van der Waals surface area contributed by atoms with Gasteiger partial charge in [-0.05, 0) is 29.8 Å². The highest BCUT2D eigenvalue weighted by atomic mass is 16.5. The van der Waals surface area contributed by atoms with Crippen LogP contribution >= 0.6 is 0 Å². The van der Waals surface area contributed by atoms with E-state index in [9.17, 15) is 4.79 Å². The first-order valence-corrected chi connectivity index (χ1v) is 11.3. The normalized spacial score (nSPS) is 13.4. The zero-order valence-corrected chi connectivity index (χ0v) is 19.1. The quantitative estimate of drug-likeness (QED) is 0.422. The smallest absolute Gasteiger partial charge is 0.272 e. The van der Waals surface area contributed by atoms with Crippen molar-refractivity contribution >= 4 is 5.91 Å². The van der Waals surface area contributed by atoms with Crippen molar-refractivity contribution in [1.29, 1.82) is 0 Å². The molecular weight excluding hydrogens is 430 g/mol. The molecule has 0 saturated heterocycles. The number of fused-ring (bicyclic) bond motifs is 1. The van der Waals surface area contributed by atoms with E-state index in [2.05, 4.69) is 25.2 Å². The lowest BCUT2D eigenvalue weighted by Crippen LogP contribution is -2.32. The highest BCUT2D eigenvalue weighted by Crippen LogP contribution is 2.24. The number of benzene rings is 1. The number of methoxy groups -OCH3 is 1. The molecule has 4 aromatic rings. The first-order chi connectivity index (χ1) is 16.7. The number of aromatic nitrogens is 5. The number of rotatable bonds is 8. The van der Waals surface area contributed by atoms with Gasteiger partial charge in [-0.3, -0.25) is 19.4 Å². The number of aromatic amines is 1.